The van der Waals surface area contributed by atoms with Gasteiger partial charge in [-0.15, -0.1) is 0 Å². The van der Waals surface area contributed by atoms with Crippen LogP contribution in [0.25, 0.3) is 116 Å². The molecule has 5 nitrogen and oxygen atoms in total. The molecule has 12 aromatic rings. The highest BCUT2D eigenvalue weighted by Crippen LogP contribution is 2.39. The first kappa shape index (κ1) is 31.6. The molecule has 0 aliphatic carbocycles. The Morgan fingerprint density at radius 2 is 0.737 bits per heavy atom. The molecule has 0 fully saturated rings. The van der Waals surface area contributed by atoms with Crippen LogP contribution in [0.4, 0.5) is 0 Å². The molecule has 0 N–H and O–H groups in total. The fraction of sp³-hybridized carbons (Fsp3) is 0. The Balaban J connectivity index is 1.04. The highest BCUT2D eigenvalue weighted by Gasteiger charge is 2.17. The number of fused-ring (bicyclic) bond motifs is 9. The van der Waals surface area contributed by atoms with Gasteiger partial charge in [0.2, 0.25) is 0 Å². The molecule has 57 heavy (non-hydrogen) atoms. The van der Waals surface area contributed by atoms with Crippen LogP contribution in [0.15, 0.2) is 197 Å². The molecule has 0 spiro atoms. The third kappa shape index (κ3) is 5.10. The van der Waals surface area contributed by atoms with Crippen LogP contribution < -0.4 is 0 Å². The molecule has 5 heterocycles. The van der Waals surface area contributed by atoms with Gasteiger partial charge in [0.05, 0.1) is 11.0 Å². The second-order valence-corrected chi connectivity index (χ2v) is 14.6. The summed E-state index contributed by atoms with van der Waals surface area (Å²) in [7, 11) is 0. The van der Waals surface area contributed by atoms with Crippen LogP contribution in [0.2, 0.25) is 0 Å². The maximum atomic E-state index is 6.15. The molecule has 0 amide bonds. The number of benzene rings is 7. The number of nitrogens with zero attached hydrogens (tertiary/aromatic N) is 3. The van der Waals surface area contributed by atoms with Crippen LogP contribution in [0, 0.1) is 0 Å². The van der Waals surface area contributed by atoms with Crippen molar-refractivity contribution >= 4 is 65.9 Å². The topological polar surface area (TPSA) is 57.0 Å². The SMILES string of the molecule is c1cc(-c2cc(-c3cccc(-c4ccc5oc6ccccc6c5c4)c3)cc(-n3c4cccnc4c4ncccc43)c2)cc(-c2ccc3oc4ccccc4c3c2)c1. The van der Waals surface area contributed by atoms with E-state index in [0.717, 1.165) is 116 Å². The Kier molecular flexibility index (Phi) is 6.86. The summed E-state index contributed by atoms with van der Waals surface area (Å²) < 4.78 is 14.6. The van der Waals surface area contributed by atoms with Gasteiger partial charge in [-0.1, -0.05) is 84.9 Å². The van der Waals surface area contributed by atoms with E-state index in [1.807, 2.05) is 48.8 Å². The van der Waals surface area contributed by atoms with E-state index in [1.54, 1.807) is 0 Å². The number of aromatic nitrogens is 3. The van der Waals surface area contributed by atoms with Crippen LogP contribution in [-0.4, -0.2) is 14.5 Å². The summed E-state index contributed by atoms with van der Waals surface area (Å²) in [5.41, 5.74) is 17.4. The van der Waals surface area contributed by atoms with Gasteiger partial charge in [-0.25, -0.2) is 0 Å². The maximum Gasteiger partial charge on any atom is 0.135 e. The van der Waals surface area contributed by atoms with E-state index in [4.69, 9.17) is 18.8 Å². The lowest BCUT2D eigenvalue weighted by molar-refractivity contribution is 0.668. The molecule has 0 aliphatic rings. The van der Waals surface area contributed by atoms with Gasteiger partial charge in [0, 0.05) is 39.6 Å². The van der Waals surface area contributed by atoms with Crippen molar-refractivity contribution in [3.63, 3.8) is 0 Å². The first-order valence-corrected chi connectivity index (χ1v) is 19.1. The molecule has 0 atom stereocenters. The monoisotopic (exact) mass is 729 g/mol. The summed E-state index contributed by atoms with van der Waals surface area (Å²) in [5, 5.41) is 4.48. The molecule has 12 rings (SSSR count). The van der Waals surface area contributed by atoms with Gasteiger partial charge >= 0.3 is 0 Å². The molecule has 0 radical (unpaired) electrons. The number of furan rings is 2. The van der Waals surface area contributed by atoms with E-state index < -0.39 is 0 Å². The van der Waals surface area contributed by atoms with Crippen molar-refractivity contribution < 1.29 is 8.83 Å². The zero-order valence-corrected chi connectivity index (χ0v) is 30.6. The van der Waals surface area contributed by atoms with Crippen molar-refractivity contribution in [3.05, 3.63) is 188 Å². The number of pyridine rings is 2. The fourth-order valence-corrected chi connectivity index (χ4v) is 8.57. The minimum atomic E-state index is 0.883. The molecule has 0 bridgehead atoms. The average molecular weight is 730 g/mol. The van der Waals surface area contributed by atoms with E-state index in [-0.39, 0.29) is 0 Å². The van der Waals surface area contributed by atoms with Crippen molar-refractivity contribution in [1.82, 2.24) is 14.5 Å². The first-order valence-electron chi connectivity index (χ1n) is 19.1. The van der Waals surface area contributed by atoms with E-state index in [9.17, 15) is 0 Å². The average Bonchev–Trinajstić information content (AvgIpc) is 3.95. The Labute approximate surface area is 326 Å². The highest BCUT2D eigenvalue weighted by molar-refractivity contribution is 6.08. The minimum absolute atomic E-state index is 0.883. The lowest BCUT2D eigenvalue weighted by atomic mass is 9.93. The lowest BCUT2D eigenvalue weighted by Crippen LogP contribution is -1.96. The molecule has 0 unspecified atom stereocenters. The minimum Gasteiger partial charge on any atom is -0.456 e. The molecule has 0 aliphatic heterocycles. The zero-order valence-electron chi connectivity index (χ0n) is 30.6. The summed E-state index contributed by atoms with van der Waals surface area (Å²) in [5.74, 6) is 0. The second-order valence-electron chi connectivity index (χ2n) is 14.6. The lowest BCUT2D eigenvalue weighted by Gasteiger charge is -2.15. The van der Waals surface area contributed by atoms with Crippen molar-refractivity contribution in [1.29, 1.82) is 0 Å². The van der Waals surface area contributed by atoms with Gasteiger partial charge in [0.25, 0.3) is 0 Å². The van der Waals surface area contributed by atoms with Crippen LogP contribution in [0.1, 0.15) is 0 Å². The Morgan fingerprint density at radius 1 is 0.316 bits per heavy atom. The Morgan fingerprint density at radius 3 is 1.25 bits per heavy atom. The first-order chi connectivity index (χ1) is 28.2. The van der Waals surface area contributed by atoms with E-state index >= 15 is 0 Å². The second kappa shape index (κ2) is 12.4. The molecule has 5 aromatic heterocycles. The van der Waals surface area contributed by atoms with Crippen LogP contribution in [0.3, 0.4) is 0 Å². The molecule has 0 saturated heterocycles. The predicted molar refractivity (Wildman–Crippen MR) is 233 cm³/mol. The van der Waals surface area contributed by atoms with Crippen molar-refractivity contribution in [2.24, 2.45) is 0 Å². The smallest absolute Gasteiger partial charge is 0.135 e. The molecule has 7 aromatic carbocycles. The summed E-state index contributed by atoms with van der Waals surface area (Å²) in [6, 6.07) is 62.2. The Hall–Kier alpha value is -7.76. The van der Waals surface area contributed by atoms with Crippen molar-refractivity contribution in [3.8, 4) is 50.2 Å². The van der Waals surface area contributed by atoms with Gasteiger partial charge in [0.1, 0.15) is 33.4 Å². The summed E-state index contributed by atoms with van der Waals surface area (Å²) in [6.07, 6.45) is 3.68. The van der Waals surface area contributed by atoms with Crippen molar-refractivity contribution in [2.75, 3.05) is 0 Å². The summed E-state index contributed by atoms with van der Waals surface area (Å²) in [6.45, 7) is 0. The summed E-state index contributed by atoms with van der Waals surface area (Å²) in [4.78, 5) is 9.57. The number of rotatable bonds is 5. The van der Waals surface area contributed by atoms with Gasteiger partial charge in [-0.2, -0.15) is 0 Å². The van der Waals surface area contributed by atoms with Gasteiger partial charge in [0.15, 0.2) is 0 Å². The highest BCUT2D eigenvalue weighted by atomic mass is 16.3. The zero-order chi connectivity index (χ0) is 37.5. The predicted octanol–water partition coefficient (Wildman–Crippen LogP) is 14.0. The van der Waals surface area contributed by atoms with Crippen LogP contribution in [0.5, 0.6) is 0 Å². The van der Waals surface area contributed by atoms with Crippen molar-refractivity contribution in [2.45, 2.75) is 0 Å². The van der Waals surface area contributed by atoms with Crippen LogP contribution in [-0.2, 0) is 0 Å². The number of hydrogen-bond donors (Lipinski definition) is 0. The third-order valence-corrected chi connectivity index (χ3v) is 11.3. The van der Waals surface area contributed by atoms with E-state index in [0.29, 0.717) is 0 Å². The van der Waals surface area contributed by atoms with Crippen LogP contribution >= 0.6 is 0 Å². The standard InChI is InChI=1S/C52H31N3O2/c1-3-17-47-41(13-1)43-30-36(19-21-49(43)56-47)32-9-5-11-34(25-32)38-27-39(29-40(28-38)55-45-15-7-23-53-51(45)52-46(55)16-8-24-54-52)35-12-6-10-33(26-35)37-20-22-50-44(31-37)42-14-2-4-18-48(42)57-50/h1-31H. The largest absolute Gasteiger partial charge is 0.456 e. The normalized spacial score (nSPS) is 11.9. The van der Waals surface area contributed by atoms with E-state index in [1.165, 1.54) is 0 Å². The Bertz CT molecular complexity index is 3320. The molecular formula is C52H31N3O2. The van der Waals surface area contributed by atoms with Gasteiger partial charge in [-0.3, -0.25) is 9.97 Å². The van der Waals surface area contributed by atoms with Gasteiger partial charge in [-0.05, 0) is 136 Å². The fourth-order valence-electron chi connectivity index (χ4n) is 8.57. The quantitative estimate of drug-likeness (QED) is 0.177. The van der Waals surface area contributed by atoms with E-state index in [2.05, 4.69) is 144 Å². The maximum absolute atomic E-state index is 6.15. The molecular weight excluding hydrogens is 699 g/mol. The third-order valence-electron chi connectivity index (χ3n) is 11.3. The number of para-hydroxylation sites is 2. The van der Waals surface area contributed by atoms with Gasteiger partial charge < -0.3 is 13.4 Å². The molecule has 0 saturated carbocycles. The molecule has 266 valence electrons. The number of hydrogen-bond acceptors (Lipinski definition) is 4. The summed E-state index contributed by atoms with van der Waals surface area (Å²) >= 11 is 0. The molecule has 5 heteroatoms.